The molecule has 0 fully saturated rings. The molecule has 0 aliphatic rings. The second-order valence-corrected chi connectivity index (χ2v) is 7.79. The molecule has 0 unspecified atom stereocenters. The Morgan fingerprint density at radius 3 is 2.54 bits per heavy atom. The van der Waals surface area contributed by atoms with Crippen molar-refractivity contribution < 1.29 is 17.9 Å². The van der Waals surface area contributed by atoms with E-state index in [-0.39, 0.29) is 17.3 Å². The number of rotatable bonds is 8. The highest BCUT2D eigenvalue weighted by Gasteiger charge is 2.16. The molecule has 26 heavy (non-hydrogen) atoms. The highest BCUT2D eigenvalue weighted by Crippen LogP contribution is 2.14. The number of carbonyl (C=O) groups excluding carboxylic acids is 1. The molecule has 0 heterocycles. The van der Waals surface area contributed by atoms with Gasteiger partial charge in [0.05, 0.1) is 18.6 Å². The maximum atomic E-state index is 12.3. The van der Waals surface area contributed by atoms with Gasteiger partial charge in [0.1, 0.15) is 5.75 Å². The molecule has 1 amide bonds. The first kappa shape index (κ1) is 19.9. The maximum Gasteiger partial charge on any atom is 0.241 e. The molecule has 140 valence electrons. The van der Waals surface area contributed by atoms with Gasteiger partial charge in [-0.1, -0.05) is 18.2 Å². The van der Waals surface area contributed by atoms with E-state index in [9.17, 15) is 13.2 Å². The van der Waals surface area contributed by atoms with E-state index < -0.39 is 10.0 Å². The number of benzene rings is 2. The number of amides is 1. The van der Waals surface area contributed by atoms with E-state index in [1.54, 1.807) is 19.2 Å². The van der Waals surface area contributed by atoms with Crippen molar-refractivity contribution in [3.63, 3.8) is 0 Å². The van der Waals surface area contributed by atoms with Crippen LogP contribution in [0.4, 0.5) is 0 Å². The van der Waals surface area contributed by atoms with E-state index in [2.05, 4.69) is 10.0 Å². The molecule has 6 nitrogen and oxygen atoms in total. The summed E-state index contributed by atoms with van der Waals surface area (Å²) < 4.78 is 32.0. The van der Waals surface area contributed by atoms with Crippen LogP contribution in [0.2, 0.25) is 0 Å². The molecule has 2 rings (SSSR count). The molecule has 0 atom stereocenters. The summed E-state index contributed by atoms with van der Waals surface area (Å²) >= 11 is 0. The SMILES string of the molecule is COc1cccc(CCNC(=O)CNS(=O)(=O)c2ccc(C)c(C)c2)c1. The summed E-state index contributed by atoms with van der Waals surface area (Å²) in [5.41, 5.74) is 2.93. The van der Waals surface area contributed by atoms with Crippen molar-refractivity contribution in [3.8, 4) is 5.75 Å². The van der Waals surface area contributed by atoms with E-state index in [4.69, 9.17) is 4.74 Å². The molecule has 0 aliphatic heterocycles. The summed E-state index contributed by atoms with van der Waals surface area (Å²) in [7, 11) is -2.11. The number of aryl methyl sites for hydroxylation is 2. The lowest BCUT2D eigenvalue weighted by molar-refractivity contribution is -0.119. The number of carbonyl (C=O) groups is 1. The monoisotopic (exact) mass is 376 g/mol. The zero-order chi connectivity index (χ0) is 19.2. The number of hydrogen-bond acceptors (Lipinski definition) is 4. The third kappa shape index (κ3) is 5.57. The Hall–Kier alpha value is -2.38. The lowest BCUT2D eigenvalue weighted by Crippen LogP contribution is -2.37. The Balaban J connectivity index is 1.83. The minimum absolute atomic E-state index is 0.157. The van der Waals surface area contributed by atoms with Crippen LogP contribution in [0, 0.1) is 13.8 Å². The van der Waals surface area contributed by atoms with Gasteiger partial charge in [0.25, 0.3) is 0 Å². The van der Waals surface area contributed by atoms with Crippen LogP contribution in [0.25, 0.3) is 0 Å². The summed E-state index contributed by atoms with van der Waals surface area (Å²) in [6.45, 7) is 3.87. The fourth-order valence-corrected chi connectivity index (χ4v) is 3.43. The van der Waals surface area contributed by atoms with E-state index in [0.717, 1.165) is 22.4 Å². The molecule has 0 spiro atoms. The molecule has 0 saturated carbocycles. The second-order valence-electron chi connectivity index (χ2n) is 6.02. The molecule has 0 saturated heterocycles. The first-order valence-electron chi connectivity index (χ1n) is 8.28. The molecule has 0 bridgehead atoms. The van der Waals surface area contributed by atoms with Crippen molar-refractivity contribution in [1.29, 1.82) is 0 Å². The van der Waals surface area contributed by atoms with Gasteiger partial charge >= 0.3 is 0 Å². The number of ether oxygens (including phenoxy) is 1. The Bertz CT molecular complexity index is 879. The first-order valence-corrected chi connectivity index (χ1v) is 9.76. The van der Waals surface area contributed by atoms with Gasteiger partial charge in [-0.05, 0) is 61.2 Å². The summed E-state index contributed by atoms with van der Waals surface area (Å²) in [5.74, 6) is 0.385. The average molecular weight is 376 g/mol. The summed E-state index contributed by atoms with van der Waals surface area (Å²) in [4.78, 5) is 12.0. The normalized spacial score (nSPS) is 11.2. The van der Waals surface area contributed by atoms with Crippen molar-refractivity contribution in [3.05, 3.63) is 59.2 Å². The van der Waals surface area contributed by atoms with Gasteiger partial charge in [-0.2, -0.15) is 0 Å². The zero-order valence-corrected chi connectivity index (χ0v) is 16.0. The maximum absolute atomic E-state index is 12.3. The van der Waals surface area contributed by atoms with Crippen molar-refractivity contribution >= 4 is 15.9 Å². The quantitative estimate of drug-likeness (QED) is 0.737. The summed E-state index contributed by atoms with van der Waals surface area (Å²) in [6, 6.07) is 12.4. The molecule has 2 aromatic rings. The lowest BCUT2D eigenvalue weighted by atomic mass is 10.1. The fourth-order valence-electron chi connectivity index (χ4n) is 2.36. The van der Waals surface area contributed by atoms with Crippen molar-refractivity contribution in [2.75, 3.05) is 20.2 Å². The zero-order valence-electron chi connectivity index (χ0n) is 15.2. The van der Waals surface area contributed by atoms with Gasteiger partial charge in [0.15, 0.2) is 0 Å². The van der Waals surface area contributed by atoms with Crippen molar-refractivity contribution in [2.45, 2.75) is 25.2 Å². The van der Waals surface area contributed by atoms with Crippen LogP contribution in [-0.4, -0.2) is 34.5 Å². The molecule has 0 aliphatic carbocycles. The predicted molar refractivity (Wildman–Crippen MR) is 101 cm³/mol. The van der Waals surface area contributed by atoms with E-state index in [1.165, 1.54) is 6.07 Å². The van der Waals surface area contributed by atoms with Crippen LogP contribution in [0.1, 0.15) is 16.7 Å². The number of sulfonamides is 1. The van der Waals surface area contributed by atoms with Gasteiger partial charge in [-0.25, -0.2) is 13.1 Å². The molecule has 0 radical (unpaired) electrons. The Kier molecular flexibility index (Phi) is 6.76. The minimum atomic E-state index is -3.71. The van der Waals surface area contributed by atoms with Crippen LogP contribution in [0.5, 0.6) is 5.75 Å². The topological polar surface area (TPSA) is 84.5 Å². The highest BCUT2D eigenvalue weighted by atomic mass is 32.2. The van der Waals surface area contributed by atoms with Crippen LogP contribution < -0.4 is 14.8 Å². The molecule has 7 heteroatoms. The van der Waals surface area contributed by atoms with Gasteiger partial charge in [0, 0.05) is 6.54 Å². The summed E-state index contributed by atoms with van der Waals surface area (Å²) in [5, 5.41) is 2.71. The van der Waals surface area contributed by atoms with Crippen LogP contribution in [0.3, 0.4) is 0 Å². The van der Waals surface area contributed by atoms with E-state index >= 15 is 0 Å². The van der Waals surface area contributed by atoms with Gasteiger partial charge in [0.2, 0.25) is 15.9 Å². The van der Waals surface area contributed by atoms with Crippen LogP contribution in [0.15, 0.2) is 47.4 Å². The Morgan fingerprint density at radius 1 is 1.08 bits per heavy atom. The van der Waals surface area contributed by atoms with Crippen molar-refractivity contribution in [1.82, 2.24) is 10.0 Å². The van der Waals surface area contributed by atoms with E-state index in [0.29, 0.717) is 13.0 Å². The third-order valence-corrected chi connectivity index (χ3v) is 5.48. The van der Waals surface area contributed by atoms with Gasteiger partial charge in [-0.15, -0.1) is 0 Å². The summed E-state index contributed by atoms with van der Waals surface area (Å²) in [6.07, 6.45) is 0.632. The molecule has 0 aromatic heterocycles. The number of nitrogens with one attached hydrogen (secondary N) is 2. The molecular formula is C19H24N2O4S. The largest absolute Gasteiger partial charge is 0.497 e. The first-order chi connectivity index (χ1) is 12.3. The highest BCUT2D eigenvalue weighted by molar-refractivity contribution is 7.89. The van der Waals surface area contributed by atoms with Crippen LogP contribution >= 0.6 is 0 Å². The smallest absolute Gasteiger partial charge is 0.241 e. The van der Waals surface area contributed by atoms with Crippen LogP contribution in [-0.2, 0) is 21.2 Å². The third-order valence-electron chi connectivity index (χ3n) is 4.08. The molecule has 2 aromatic carbocycles. The Morgan fingerprint density at radius 2 is 1.85 bits per heavy atom. The van der Waals surface area contributed by atoms with Gasteiger partial charge in [-0.3, -0.25) is 4.79 Å². The number of hydrogen-bond donors (Lipinski definition) is 2. The fraction of sp³-hybridized carbons (Fsp3) is 0.316. The Labute approximate surface area is 154 Å². The molecular weight excluding hydrogens is 352 g/mol. The second kappa shape index (κ2) is 8.82. The van der Waals surface area contributed by atoms with Gasteiger partial charge < -0.3 is 10.1 Å². The number of methoxy groups -OCH3 is 1. The standard InChI is InChI=1S/C19H24N2O4S/c1-14-7-8-18(11-15(14)2)26(23,24)21-13-19(22)20-10-9-16-5-4-6-17(12-16)25-3/h4-8,11-12,21H,9-10,13H2,1-3H3,(H,20,22). The van der Waals surface area contributed by atoms with Crippen molar-refractivity contribution in [2.24, 2.45) is 0 Å². The molecule has 2 N–H and O–H groups in total. The minimum Gasteiger partial charge on any atom is -0.497 e. The van der Waals surface area contributed by atoms with E-state index in [1.807, 2.05) is 38.1 Å². The predicted octanol–water partition coefficient (Wildman–Crippen LogP) is 1.95. The lowest BCUT2D eigenvalue weighted by Gasteiger charge is -2.09. The average Bonchev–Trinajstić information content (AvgIpc) is 2.62.